The minimum Gasteiger partial charge on any atom is -0.497 e. The quantitative estimate of drug-likeness (QED) is 0.619. The van der Waals surface area contributed by atoms with Crippen molar-refractivity contribution < 1.29 is 19.1 Å². The van der Waals surface area contributed by atoms with Gasteiger partial charge in [-0.3, -0.25) is 14.4 Å². The Kier molecular flexibility index (Phi) is 6.13. The molecule has 0 fully saturated rings. The molecular formula is C26H25N3O4. The molecule has 1 aliphatic heterocycles. The Bertz CT molecular complexity index is 1190. The number of ether oxygens (including phenoxy) is 1. The van der Waals surface area contributed by atoms with Gasteiger partial charge in [-0.15, -0.1) is 0 Å². The molecule has 1 aliphatic rings. The van der Waals surface area contributed by atoms with Crippen LogP contribution in [0.2, 0.25) is 0 Å². The summed E-state index contributed by atoms with van der Waals surface area (Å²) in [6, 6.07) is 21.0. The number of hydrogen-bond acceptors (Lipinski definition) is 4. The first kappa shape index (κ1) is 22.1. The molecule has 4 rings (SSSR count). The number of carbonyl (C=O) groups is 3. The van der Waals surface area contributed by atoms with Gasteiger partial charge >= 0.3 is 0 Å². The van der Waals surface area contributed by atoms with E-state index in [1.165, 1.54) is 6.92 Å². The van der Waals surface area contributed by atoms with Crippen molar-refractivity contribution in [3.05, 3.63) is 89.5 Å². The molecule has 7 heteroatoms. The minimum atomic E-state index is -0.618. The van der Waals surface area contributed by atoms with Gasteiger partial charge in [0.15, 0.2) is 0 Å². The molecule has 0 aromatic heterocycles. The van der Waals surface area contributed by atoms with Crippen LogP contribution in [-0.2, 0) is 9.59 Å². The van der Waals surface area contributed by atoms with E-state index in [-0.39, 0.29) is 17.7 Å². The van der Waals surface area contributed by atoms with Crippen LogP contribution in [0.5, 0.6) is 5.75 Å². The van der Waals surface area contributed by atoms with E-state index in [9.17, 15) is 14.4 Å². The number of methoxy groups -OCH3 is 1. The molecule has 168 valence electrons. The summed E-state index contributed by atoms with van der Waals surface area (Å²) in [5.74, 6) is -0.442. The van der Waals surface area contributed by atoms with Gasteiger partial charge in [0, 0.05) is 30.9 Å². The topological polar surface area (TPSA) is 87.7 Å². The van der Waals surface area contributed by atoms with Gasteiger partial charge < -0.3 is 20.3 Å². The van der Waals surface area contributed by atoms with E-state index in [0.717, 1.165) is 5.56 Å². The summed E-state index contributed by atoms with van der Waals surface area (Å²) in [5, 5.41) is 5.68. The van der Waals surface area contributed by atoms with Crippen LogP contribution in [0.25, 0.3) is 0 Å². The number of rotatable bonds is 5. The molecule has 33 heavy (non-hydrogen) atoms. The first-order valence-electron chi connectivity index (χ1n) is 10.6. The molecule has 0 saturated heterocycles. The van der Waals surface area contributed by atoms with Crippen LogP contribution in [0.3, 0.4) is 0 Å². The number of fused-ring (bicyclic) bond motifs is 1. The van der Waals surface area contributed by atoms with Crippen LogP contribution in [0.4, 0.5) is 11.4 Å². The number of carbonyl (C=O) groups excluding carboxylic acids is 3. The Morgan fingerprint density at radius 3 is 2.09 bits per heavy atom. The third kappa shape index (κ3) is 4.43. The number of anilines is 2. The molecule has 3 aromatic rings. The van der Waals surface area contributed by atoms with Crippen molar-refractivity contribution in [3.8, 4) is 5.75 Å². The molecule has 2 N–H and O–H groups in total. The Morgan fingerprint density at radius 2 is 1.48 bits per heavy atom. The smallest absolute Gasteiger partial charge is 0.254 e. The molecule has 2 atom stereocenters. The highest BCUT2D eigenvalue weighted by atomic mass is 16.5. The molecule has 0 aliphatic carbocycles. The average Bonchev–Trinajstić information content (AvgIpc) is 2.82. The predicted molar refractivity (Wildman–Crippen MR) is 126 cm³/mol. The monoisotopic (exact) mass is 443 g/mol. The first-order chi connectivity index (χ1) is 15.9. The van der Waals surface area contributed by atoms with Crippen LogP contribution < -0.4 is 15.4 Å². The van der Waals surface area contributed by atoms with E-state index in [4.69, 9.17) is 4.74 Å². The highest BCUT2D eigenvalue weighted by molar-refractivity contribution is 6.04. The van der Waals surface area contributed by atoms with Crippen molar-refractivity contribution in [1.29, 1.82) is 0 Å². The zero-order valence-electron chi connectivity index (χ0n) is 18.7. The maximum atomic E-state index is 13.6. The molecule has 1 heterocycles. The molecule has 0 radical (unpaired) electrons. The second-order valence-electron chi connectivity index (χ2n) is 7.95. The van der Waals surface area contributed by atoms with Gasteiger partial charge in [-0.05, 0) is 53.6 Å². The van der Waals surface area contributed by atoms with Crippen LogP contribution in [0.1, 0.15) is 40.4 Å². The fraction of sp³-hybridized carbons (Fsp3) is 0.192. The lowest BCUT2D eigenvalue weighted by Crippen LogP contribution is -2.44. The summed E-state index contributed by atoms with van der Waals surface area (Å²) < 4.78 is 5.26. The Balaban J connectivity index is 1.70. The number of hydrogen-bond donors (Lipinski definition) is 2. The second-order valence-corrected chi connectivity index (χ2v) is 7.95. The molecule has 0 saturated carbocycles. The first-order valence-corrected chi connectivity index (χ1v) is 10.6. The summed E-state index contributed by atoms with van der Waals surface area (Å²) in [6.07, 6.45) is 0. The van der Waals surface area contributed by atoms with E-state index >= 15 is 0 Å². The van der Waals surface area contributed by atoms with Crippen LogP contribution in [0.15, 0.2) is 72.8 Å². The van der Waals surface area contributed by atoms with Crippen LogP contribution >= 0.6 is 0 Å². The summed E-state index contributed by atoms with van der Waals surface area (Å²) >= 11 is 0. The maximum Gasteiger partial charge on any atom is 0.254 e. The Labute approximate surface area is 192 Å². The van der Waals surface area contributed by atoms with Crippen molar-refractivity contribution in [1.82, 2.24) is 4.90 Å². The predicted octanol–water partition coefficient (Wildman–Crippen LogP) is 4.20. The highest BCUT2D eigenvalue weighted by Gasteiger charge is 2.42. The number of nitrogens with one attached hydrogen (secondary N) is 2. The van der Waals surface area contributed by atoms with E-state index in [1.54, 1.807) is 55.5 Å². The van der Waals surface area contributed by atoms with E-state index in [0.29, 0.717) is 28.3 Å². The molecule has 0 spiro atoms. The zero-order chi connectivity index (χ0) is 23.5. The largest absolute Gasteiger partial charge is 0.497 e. The lowest BCUT2D eigenvalue weighted by atomic mass is 9.79. The Hall–Kier alpha value is -4.13. The minimum absolute atomic E-state index is 0.130. The zero-order valence-corrected chi connectivity index (χ0v) is 18.7. The van der Waals surface area contributed by atoms with Crippen molar-refractivity contribution in [2.75, 3.05) is 24.8 Å². The molecule has 7 nitrogen and oxygen atoms in total. The van der Waals surface area contributed by atoms with Gasteiger partial charge in [-0.2, -0.15) is 0 Å². The third-order valence-electron chi connectivity index (χ3n) is 5.79. The van der Waals surface area contributed by atoms with Gasteiger partial charge in [0.2, 0.25) is 11.8 Å². The summed E-state index contributed by atoms with van der Waals surface area (Å²) in [7, 11) is 3.31. The average molecular weight is 444 g/mol. The van der Waals surface area contributed by atoms with Gasteiger partial charge in [0.25, 0.3) is 5.91 Å². The molecule has 3 aromatic carbocycles. The van der Waals surface area contributed by atoms with Crippen molar-refractivity contribution in [2.45, 2.75) is 18.9 Å². The van der Waals surface area contributed by atoms with Gasteiger partial charge in [0.05, 0.1) is 19.1 Å². The highest BCUT2D eigenvalue weighted by Crippen LogP contribution is 2.42. The number of likely N-dealkylation sites (N-methyl/N-ethyl adjacent to an activating group) is 1. The maximum absolute atomic E-state index is 13.6. The van der Waals surface area contributed by atoms with Crippen molar-refractivity contribution in [2.24, 2.45) is 0 Å². The summed E-state index contributed by atoms with van der Waals surface area (Å²) in [5.41, 5.74) is 3.28. The number of amides is 3. The SMILES string of the molecule is COc1ccc([C@@H]2[C@@H](C(=O)Nc3ccc(NC(C)=O)cc3)c3ccccc3C(=O)N2C)cc1. The lowest BCUT2D eigenvalue weighted by Gasteiger charge is -2.39. The van der Waals surface area contributed by atoms with Gasteiger partial charge in [-0.25, -0.2) is 0 Å². The normalized spacial score (nSPS) is 17.2. The molecule has 0 bridgehead atoms. The van der Waals surface area contributed by atoms with E-state index in [1.807, 2.05) is 36.4 Å². The standard InChI is InChI=1S/C26H25N3O4/c1-16(30)27-18-10-12-19(13-11-18)28-25(31)23-21-6-4-5-7-22(21)26(32)29(2)24(23)17-8-14-20(33-3)15-9-17/h4-15,23-24H,1-3H3,(H,27,30)(H,28,31)/t23-,24+/m0/s1. The van der Waals surface area contributed by atoms with E-state index in [2.05, 4.69) is 10.6 Å². The summed E-state index contributed by atoms with van der Waals surface area (Å²) in [4.78, 5) is 39.6. The summed E-state index contributed by atoms with van der Waals surface area (Å²) in [6.45, 7) is 1.44. The van der Waals surface area contributed by atoms with Crippen molar-refractivity contribution in [3.63, 3.8) is 0 Å². The number of nitrogens with zero attached hydrogens (tertiary/aromatic N) is 1. The van der Waals surface area contributed by atoms with Crippen LogP contribution in [0, 0.1) is 0 Å². The molecule has 3 amide bonds. The van der Waals surface area contributed by atoms with Gasteiger partial charge in [0.1, 0.15) is 5.75 Å². The third-order valence-corrected chi connectivity index (χ3v) is 5.79. The molecular weight excluding hydrogens is 418 g/mol. The van der Waals surface area contributed by atoms with E-state index < -0.39 is 12.0 Å². The van der Waals surface area contributed by atoms with Crippen molar-refractivity contribution >= 4 is 29.1 Å². The fourth-order valence-electron chi connectivity index (χ4n) is 4.23. The number of benzene rings is 3. The fourth-order valence-corrected chi connectivity index (χ4v) is 4.23. The Morgan fingerprint density at radius 1 is 0.879 bits per heavy atom. The molecule has 0 unspecified atom stereocenters. The second kappa shape index (κ2) is 9.16. The van der Waals surface area contributed by atoms with Crippen LogP contribution in [-0.4, -0.2) is 36.8 Å². The lowest BCUT2D eigenvalue weighted by molar-refractivity contribution is -0.119. The van der Waals surface area contributed by atoms with Gasteiger partial charge in [-0.1, -0.05) is 30.3 Å².